The summed E-state index contributed by atoms with van der Waals surface area (Å²) < 4.78 is 62.2. The minimum atomic E-state index is -4.98. The Kier molecular flexibility index (Phi) is 5.64. The molecule has 0 saturated carbocycles. The summed E-state index contributed by atoms with van der Waals surface area (Å²) in [5.74, 6) is -0.177. The SMILES string of the molecule is CC(C)(C[C@](O)(CNc1cccc2c(=O)[nH]ccc12)C(F)(F)F)c1cc(F)cc2c1OCC2. The summed E-state index contributed by atoms with van der Waals surface area (Å²) >= 11 is 0. The van der Waals surface area contributed by atoms with Crippen molar-refractivity contribution in [2.24, 2.45) is 0 Å². The number of aromatic amines is 1. The van der Waals surface area contributed by atoms with Crippen molar-refractivity contribution in [3.63, 3.8) is 0 Å². The Bertz CT molecular complexity index is 1250. The lowest BCUT2D eigenvalue weighted by molar-refractivity contribution is -0.260. The molecule has 1 atom stereocenters. The summed E-state index contributed by atoms with van der Waals surface area (Å²) in [6, 6.07) is 8.71. The van der Waals surface area contributed by atoms with Crippen LogP contribution in [-0.2, 0) is 11.8 Å². The van der Waals surface area contributed by atoms with Crippen LogP contribution in [0.25, 0.3) is 10.8 Å². The van der Waals surface area contributed by atoms with E-state index in [9.17, 15) is 27.5 Å². The van der Waals surface area contributed by atoms with Crippen LogP contribution < -0.4 is 15.6 Å². The van der Waals surface area contributed by atoms with Gasteiger partial charge in [0, 0.05) is 40.2 Å². The van der Waals surface area contributed by atoms with Crippen molar-refractivity contribution in [2.75, 3.05) is 18.5 Å². The molecule has 3 aromatic rings. The fourth-order valence-corrected chi connectivity index (χ4v) is 4.48. The van der Waals surface area contributed by atoms with E-state index in [4.69, 9.17) is 4.74 Å². The minimum Gasteiger partial charge on any atom is -0.493 e. The number of nitrogens with one attached hydrogen (secondary N) is 2. The average molecular weight is 464 g/mol. The number of pyridine rings is 1. The minimum absolute atomic E-state index is 0.286. The summed E-state index contributed by atoms with van der Waals surface area (Å²) in [5, 5.41) is 14.3. The molecule has 0 bridgehead atoms. The fraction of sp³-hybridized carbons (Fsp3) is 0.375. The van der Waals surface area contributed by atoms with Crippen molar-refractivity contribution < 1.29 is 27.4 Å². The van der Waals surface area contributed by atoms with E-state index in [2.05, 4.69) is 10.3 Å². The second-order valence-corrected chi connectivity index (χ2v) is 9.06. The van der Waals surface area contributed by atoms with Crippen molar-refractivity contribution in [1.82, 2.24) is 4.98 Å². The molecule has 0 spiro atoms. The van der Waals surface area contributed by atoms with Gasteiger partial charge in [-0.05, 0) is 42.2 Å². The van der Waals surface area contributed by atoms with Crippen molar-refractivity contribution in [2.45, 2.75) is 43.9 Å². The zero-order chi connectivity index (χ0) is 24.0. The lowest BCUT2D eigenvalue weighted by Crippen LogP contribution is -2.53. The van der Waals surface area contributed by atoms with E-state index in [-0.39, 0.29) is 16.8 Å². The molecular formula is C24H24F4N2O3. The first-order chi connectivity index (χ1) is 15.4. The van der Waals surface area contributed by atoms with Crippen LogP contribution >= 0.6 is 0 Å². The van der Waals surface area contributed by atoms with Gasteiger partial charge in [-0.2, -0.15) is 13.2 Å². The molecule has 1 aliphatic rings. The van der Waals surface area contributed by atoms with Crippen LogP contribution in [0.2, 0.25) is 0 Å². The molecule has 0 fully saturated rings. The number of H-pyrrole nitrogens is 1. The highest BCUT2D eigenvalue weighted by atomic mass is 19.4. The number of rotatable bonds is 6. The Labute approximate surface area is 187 Å². The van der Waals surface area contributed by atoms with E-state index in [1.807, 2.05) is 0 Å². The van der Waals surface area contributed by atoms with Crippen molar-refractivity contribution in [1.29, 1.82) is 0 Å². The standard InChI is InChI=1S/C24H24F4N2O3/c1-22(2,18-11-15(25)10-14-7-9-33-20(14)18)12-23(32,24(26,27)28)13-30-19-5-3-4-17-16(19)6-8-29-21(17)31/h3-6,8,10-11,30,32H,7,9,12-13H2,1-2H3,(H,29,31)/t23-/m0/s1. The Hall–Kier alpha value is -3.07. The highest BCUT2D eigenvalue weighted by Gasteiger charge is 2.56. The third-order valence-corrected chi connectivity index (χ3v) is 6.13. The van der Waals surface area contributed by atoms with Gasteiger partial charge in [-0.1, -0.05) is 19.9 Å². The van der Waals surface area contributed by atoms with E-state index >= 15 is 0 Å². The lowest BCUT2D eigenvalue weighted by Gasteiger charge is -2.38. The molecule has 2 aromatic carbocycles. The maximum Gasteiger partial charge on any atom is 0.418 e. The molecule has 9 heteroatoms. The monoisotopic (exact) mass is 464 g/mol. The molecule has 0 unspecified atom stereocenters. The summed E-state index contributed by atoms with van der Waals surface area (Å²) in [7, 11) is 0. The molecule has 33 heavy (non-hydrogen) atoms. The molecular weight excluding hydrogens is 440 g/mol. The molecule has 0 radical (unpaired) electrons. The highest BCUT2D eigenvalue weighted by Crippen LogP contribution is 2.46. The first-order valence-electron chi connectivity index (χ1n) is 10.5. The molecule has 0 aliphatic carbocycles. The number of halogens is 4. The van der Waals surface area contributed by atoms with Gasteiger partial charge in [-0.3, -0.25) is 4.79 Å². The normalized spacial score (nSPS) is 15.7. The fourth-order valence-electron chi connectivity index (χ4n) is 4.48. The summed E-state index contributed by atoms with van der Waals surface area (Å²) in [5.41, 5.74) is -3.60. The molecule has 0 amide bonds. The maximum absolute atomic E-state index is 14.2. The van der Waals surface area contributed by atoms with Crippen LogP contribution in [0, 0.1) is 5.82 Å². The molecule has 4 rings (SSSR count). The van der Waals surface area contributed by atoms with Crippen LogP contribution in [0.15, 0.2) is 47.4 Å². The quantitative estimate of drug-likeness (QED) is 0.464. The topological polar surface area (TPSA) is 74.4 Å². The first-order valence-corrected chi connectivity index (χ1v) is 10.5. The molecule has 3 N–H and O–H groups in total. The van der Waals surface area contributed by atoms with Gasteiger partial charge in [0.2, 0.25) is 0 Å². The number of aliphatic hydroxyl groups is 1. The van der Waals surface area contributed by atoms with E-state index < -0.39 is 36.0 Å². The zero-order valence-electron chi connectivity index (χ0n) is 18.1. The molecule has 1 aromatic heterocycles. The zero-order valence-corrected chi connectivity index (χ0v) is 18.1. The lowest BCUT2D eigenvalue weighted by atomic mass is 9.74. The van der Waals surface area contributed by atoms with E-state index in [0.717, 1.165) is 0 Å². The number of anilines is 1. The largest absolute Gasteiger partial charge is 0.493 e. The third-order valence-electron chi connectivity index (χ3n) is 6.13. The van der Waals surface area contributed by atoms with E-state index in [1.54, 1.807) is 18.2 Å². The van der Waals surface area contributed by atoms with Crippen molar-refractivity contribution in [3.8, 4) is 5.75 Å². The molecule has 1 aliphatic heterocycles. The number of fused-ring (bicyclic) bond motifs is 2. The number of alkyl halides is 3. The molecule has 2 heterocycles. The maximum atomic E-state index is 14.2. The van der Waals surface area contributed by atoms with E-state index in [1.165, 1.54) is 38.2 Å². The van der Waals surface area contributed by atoms with Gasteiger partial charge in [-0.25, -0.2) is 4.39 Å². The van der Waals surface area contributed by atoms with Gasteiger partial charge in [0.05, 0.1) is 13.2 Å². The van der Waals surface area contributed by atoms with Crippen molar-refractivity contribution in [3.05, 3.63) is 69.9 Å². The first kappa shape index (κ1) is 23.1. The Morgan fingerprint density at radius 2 is 1.91 bits per heavy atom. The number of aromatic nitrogens is 1. The molecule has 176 valence electrons. The summed E-state index contributed by atoms with van der Waals surface area (Å²) in [4.78, 5) is 14.5. The second kappa shape index (κ2) is 8.06. The molecule has 0 saturated heterocycles. The van der Waals surface area contributed by atoms with Gasteiger partial charge >= 0.3 is 6.18 Å². The predicted octanol–water partition coefficient (Wildman–Crippen LogP) is 4.68. The number of hydrogen-bond donors (Lipinski definition) is 3. The van der Waals surface area contributed by atoms with Crippen LogP contribution in [0.3, 0.4) is 0 Å². The van der Waals surface area contributed by atoms with Gasteiger partial charge in [0.25, 0.3) is 5.56 Å². The number of ether oxygens (including phenoxy) is 1. The van der Waals surface area contributed by atoms with Crippen LogP contribution in [0.1, 0.15) is 31.4 Å². The molecule has 5 nitrogen and oxygen atoms in total. The summed E-state index contributed by atoms with van der Waals surface area (Å²) in [6.45, 7) is 2.52. The third kappa shape index (κ3) is 4.29. The number of hydrogen-bond acceptors (Lipinski definition) is 4. The van der Waals surface area contributed by atoms with Gasteiger partial charge in [0.1, 0.15) is 11.6 Å². The smallest absolute Gasteiger partial charge is 0.418 e. The van der Waals surface area contributed by atoms with Gasteiger partial charge < -0.3 is 20.1 Å². The van der Waals surface area contributed by atoms with Crippen LogP contribution in [0.5, 0.6) is 5.75 Å². The predicted molar refractivity (Wildman–Crippen MR) is 117 cm³/mol. The highest BCUT2D eigenvalue weighted by molar-refractivity contribution is 5.93. The second-order valence-electron chi connectivity index (χ2n) is 9.06. The Morgan fingerprint density at radius 3 is 2.64 bits per heavy atom. The average Bonchev–Trinajstić information content (AvgIpc) is 3.19. The van der Waals surface area contributed by atoms with E-state index in [0.29, 0.717) is 35.1 Å². The Morgan fingerprint density at radius 1 is 1.15 bits per heavy atom. The summed E-state index contributed by atoms with van der Waals surface area (Å²) in [6.07, 6.45) is -3.83. The van der Waals surface area contributed by atoms with Gasteiger partial charge in [-0.15, -0.1) is 0 Å². The van der Waals surface area contributed by atoms with Crippen LogP contribution in [0.4, 0.5) is 23.2 Å². The number of benzene rings is 2. The van der Waals surface area contributed by atoms with Gasteiger partial charge in [0.15, 0.2) is 5.60 Å². The van der Waals surface area contributed by atoms with Crippen molar-refractivity contribution >= 4 is 16.5 Å². The Balaban J connectivity index is 1.67. The van der Waals surface area contributed by atoms with Crippen LogP contribution in [-0.4, -0.2) is 35.0 Å².